The fourth-order valence-electron chi connectivity index (χ4n) is 3.47. The number of nitrogens with zero attached hydrogens (tertiary/aromatic N) is 3. The Balaban J connectivity index is 1.64. The van der Waals surface area contributed by atoms with Crippen LogP contribution in [0.5, 0.6) is 0 Å². The van der Waals surface area contributed by atoms with Crippen LogP contribution in [0.2, 0.25) is 0 Å². The Hall–Kier alpha value is -1.99. The third-order valence-electron chi connectivity index (χ3n) is 4.72. The topological polar surface area (TPSA) is 69.3 Å². The number of H-pyrrole nitrogens is 1. The molecule has 0 radical (unpaired) electrons. The summed E-state index contributed by atoms with van der Waals surface area (Å²) in [5, 5.41) is 3.18. The van der Waals surface area contributed by atoms with Crippen molar-refractivity contribution in [2.24, 2.45) is 0 Å². The van der Waals surface area contributed by atoms with Crippen LogP contribution < -0.4 is 0 Å². The van der Waals surface area contributed by atoms with Crippen molar-refractivity contribution in [3.63, 3.8) is 0 Å². The van der Waals surface area contributed by atoms with Crippen LogP contribution in [0, 0.1) is 20.8 Å². The van der Waals surface area contributed by atoms with Gasteiger partial charge in [0.25, 0.3) is 5.91 Å². The van der Waals surface area contributed by atoms with Crippen LogP contribution in [0.15, 0.2) is 5.38 Å². The Kier molecular flexibility index (Phi) is 5.06. The first kappa shape index (κ1) is 17.8. The van der Waals surface area contributed by atoms with Gasteiger partial charge in [-0.1, -0.05) is 0 Å². The van der Waals surface area contributed by atoms with Crippen molar-refractivity contribution in [1.29, 1.82) is 0 Å². The summed E-state index contributed by atoms with van der Waals surface area (Å²) < 4.78 is 0. The van der Waals surface area contributed by atoms with E-state index in [1.54, 1.807) is 11.3 Å². The Morgan fingerprint density at radius 2 is 1.88 bits per heavy atom. The van der Waals surface area contributed by atoms with Crippen molar-refractivity contribution in [3.8, 4) is 0 Å². The molecule has 1 aliphatic rings. The third-order valence-corrected chi connectivity index (χ3v) is 5.54. The molecule has 1 aliphatic heterocycles. The van der Waals surface area contributed by atoms with E-state index in [0.29, 0.717) is 24.3 Å². The van der Waals surface area contributed by atoms with Crippen LogP contribution in [0.4, 0.5) is 0 Å². The highest BCUT2D eigenvalue weighted by atomic mass is 32.1. The van der Waals surface area contributed by atoms with E-state index in [0.717, 1.165) is 41.6 Å². The smallest absolute Gasteiger partial charge is 0.270 e. The van der Waals surface area contributed by atoms with E-state index in [1.807, 2.05) is 25.7 Å². The molecule has 1 amide bonds. The minimum Gasteiger partial charge on any atom is -0.354 e. The molecule has 3 heterocycles. The Bertz CT molecular complexity index is 800. The molecule has 1 saturated heterocycles. The summed E-state index contributed by atoms with van der Waals surface area (Å²) in [6.07, 6.45) is 0. The number of carbonyl (C=O) groups excluding carboxylic acids is 2. The minimum absolute atomic E-state index is 0.00586. The lowest BCUT2D eigenvalue weighted by atomic mass is 10.1. The van der Waals surface area contributed by atoms with Gasteiger partial charge in [-0.05, 0) is 33.3 Å². The first-order valence-electron chi connectivity index (χ1n) is 8.49. The van der Waals surface area contributed by atoms with E-state index in [1.165, 1.54) is 6.92 Å². The second-order valence-corrected chi connectivity index (χ2v) is 7.67. The molecule has 7 heteroatoms. The maximum atomic E-state index is 12.8. The molecular formula is C18H24N4O2S. The molecule has 134 valence electrons. The molecule has 0 saturated carbocycles. The first-order chi connectivity index (χ1) is 11.9. The fraction of sp³-hybridized carbons (Fsp3) is 0.500. The predicted octanol–water partition coefficient (Wildman–Crippen LogP) is 2.56. The zero-order valence-electron chi connectivity index (χ0n) is 15.2. The van der Waals surface area contributed by atoms with E-state index < -0.39 is 0 Å². The largest absolute Gasteiger partial charge is 0.354 e. The van der Waals surface area contributed by atoms with Crippen LogP contribution in [0.3, 0.4) is 0 Å². The quantitative estimate of drug-likeness (QED) is 0.851. The number of rotatable bonds is 4. The number of hydrogen-bond acceptors (Lipinski definition) is 5. The molecule has 3 rings (SSSR count). The van der Waals surface area contributed by atoms with Gasteiger partial charge in [0, 0.05) is 49.4 Å². The Morgan fingerprint density at radius 3 is 2.40 bits per heavy atom. The van der Waals surface area contributed by atoms with Gasteiger partial charge in [-0.25, -0.2) is 4.98 Å². The summed E-state index contributed by atoms with van der Waals surface area (Å²) in [7, 11) is 0. The van der Waals surface area contributed by atoms with Gasteiger partial charge in [-0.2, -0.15) is 0 Å². The van der Waals surface area contributed by atoms with Crippen molar-refractivity contribution in [3.05, 3.63) is 38.6 Å². The molecule has 0 atom stereocenters. The van der Waals surface area contributed by atoms with Crippen molar-refractivity contribution in [2.45, 2.75) is 34.2 Å². The van der Waals surface area contributed by atoms with Crippen LogP contribution in [0.25, 0.3) is 0 Å². The van der Waals surface area contributed by atoms with Gasteiger partial charge >= 0.3 is 0 Å². The third kappa shape index (κ3) is 3.67. The van der Waals surface area contributed by atoms with E-state index in [4.69, 9.17) is 0 Å². The minimum atomic E-state index is -0.0164. The second-order valence-electron chi connectivity index (χ2n) is 6.61. The van der Waals surface area contributed by atoms with Crippen molar-refractivity contribution >= 4 is 23.0 Å². The molecule has 0 unspecified atom stereocenters. The predicted molar refractivity (Wildman–Crippen MR) is 98.3 cm³/mol. The normalized spacial score (nSPS) is 15.6. The number of amides is 1. The standard InChI is InChI=1S/C18H24N4O2S/c1-11-16(13(3)23)12(2)19-17(11)18(24)22-7-5-21(6-8-22)9-15-10-25-14(4)20-15/h10,19H,5-9H2,1-4H3. The van der Waals surface area contributed by atoms with Crippen LogP contribution in [-0.4, -0.2) is 57.6 Å². The molecule has 0 aliphatic carbocycles. The molecule has 2 aromatic rings. The van der Waals surface area contributed by atoms with Crippen molar-refractivity contribution in [2.75, 3.05) is 26.2 Å². The number of aryl methyl sites for hydroxylation is 2. The maximum Gasteiger partial charge on any atom is 0.270 e. The fourth-order valence-corrected chi connectivity index (χ4v) is 4.07. The van der Waals surface area contributed by atoms with Crippen molar-refractivity contribution < 1.29 is 9.59 Å². The van der Waals surface area contributed by atoms with E-state index in [-0.39, 0.29) is 11.7 Å². The van der Waals surface area contributed by atoms with E-state index in [2.05, 4.69) is 20.2 Å². The zero-order valence-corrected chi connectivity index (χ0v) is 16.0. The summed E-state index contributed by atoms with van der Waals surface area (Å²) in [6.45, 7) is 11.1. The maximum absolute atomic E-state index is 12.8. The summed E-state index contributed by atoms with van der Waals surface area (Å²) in [5.41, 5.74) is 3.82. The number of ketones is 1. The molecule has 0 bridgehead atoms. The molecule has 25 heavy (non-hydrogen) atoms. The lowest BCUT2D eigenvalue weighted by Crippen LogP contribution is -2.48. The highest BCUT2D eigenvalue weighted by Gasteiger charge is 2.26. The lowest BCUT2D eigenvalue weighted by molar-refractivity contribution is 0.0621. The molecule has 2 aromatic heterocycles. The zero-order chi connectivity index (χ0) is 18.1. The monoisotopic (exact) mass is 360 g/mol. The van der Waals surface area contributed by atoms with Gasteiger partial charge in [0.1, 0.15) is 5.69 Å². The molecule has 1 fully saturated rings. The average molecular weight is 360 g/mol. The second kappa shape index (κ2) is 7.09. The number of nitrogens with one attached hydrogen (secondary N) is 1. The van der Waals surface area contributed by atoms with E-state index >= 15 is 0 Å². The Morgan fingerprint density at radius 1 is 1.20 bits per heavy atom. The number of carbonyl (C=O) groups is 2. The van der Waals surface area contributed by atoms with Crippen LogP contribution >= 0.6 is 11.3 Å². The van der Waals surface area contributed by atoms with Gasteiger partial charge < -0.3 is 9.88 Å². The molecule has 0 aromatic carbocycles. The van der Waals surface area contributed by atoms with Gasteiger partial charge in [0.2, 0.25) is 0 Å². The molecule has 1 N–H and O–H groups in total. The highest BCUT2D eigenvalue weighted by molar-refractivity contribution is 7.09. The van der Waals surface area contributed by atoms with Gasteiger partial charge in [0.15, 0.2) is 5.78 Å². The number of aromatic nitrogens is 2. The summed E-state index contributed by atoms with van der Waals surface area (Å²) >= 11 is 1.67. The number of thiazole rings is 1. The van der Waals surface area contributed by atoms with Crippen molar-refractivity contribution in [1.82, 2.24) is 19.8 Å². The molecule has 0 spiro atoms. The summed E-state index contributed by atoms with van der Waals surface area (Å²) in [5.74, 6) is -0.0223. The van der Waals surface area contributed by atoms with Gasteiger partial charge in [0.05, 0.1) is 10.7 Å². The average Bonchev–Trinajstić information content (AvgIpc) is 3.10. The Labute approximate surface area is 151 Å². The number of aromatic amines is 1. The summed E-state index contributed by atoms with van der Waals surface area (Å²) in [4.78, 5) is 36.4. The highest BCUT2D eigenvalue weighted by Crippen LogP contribution is 2.21. The first-order valence-corrected chi connectivity index (χ1v) is 9.37. The van der Waals surface area contributed by atoms with E-state index in [9.17, 15) is 9.59 Å². The van der Waals surface area contributed by atoms with Gasteiger partial charge in [-0.3, -0.25) is 14.5 Å². The number of piperazine rings is 1. The van der Waals surface area contributed by atoms with Crippen LogP contribution in [0.1, 0.15) is 49.7 Å². The summed E-state index contributed by atoms with van der Waals surface area (Å²) in [6, 6.07) is 0. The molecule has 6 nitrogen and oxygen atoms in total. The van der Waals surface area contributed by atoms with Gasteiger partial charge in [-0.15, -0.1) is 11.3 Å². The number of Topliss-reactive ketones (excluding diaryl/α,β-unsaturated/α-hetero) is 1. The number of hydrogen-bond donors (Lipinski definition) is 1. The lowest BCUT2D eigenvalue weighted by Gasteiger charge is -2.34. The SMILES string of the molecule is CC(=O)c1c(C)[nH]c(C(=O)N2CCN(Cc3csc(C)n3)CC2)c1C. The van der Waals surface area contributed by atoms with Crippen LogP contribution in [-0.2, 0) is 6.54 Å². The molecular weight excluding hydrogens is 336 g/mol.